The van der Waals surface area contributed by atoms with E-state index in [0.717, 1.165) is 17.9 Å². The van der Waals surface area contributed by atoms with Crippen molar-refractivity contribution in [3.63, 3.8) is 0 Å². The van der Waals surface area contributed by atoms with E-state index in [-0.39, 0.29) is 17.5 Å². The van der Waals surface area contributed by atoms with Crippen LogP contribution < -0.4 is 0 Å². The molecule has 1 spiro atoms. The molecule has 1 N–H and O–H groups in total. The van der Waals surface area contributed by atoms with Crippen LogP contribution in [0.1, 0.15) is 31.0 Å². The number of hydroxylamine groups is 2. The SMILES string of the molecule is O=C1N2CC(N1OS(=O)(=O)O)C1(CC1)CC2c1ccon1. The number of nitrogens with zero attached hydrogens (tertiary/aromatic N) is 3. The molecule has 9 nitrogen and oxygen atoms in total. The molecule has 0 radical (unpaired) electrons. The van der Waals surface area contributed by atoms with Gasteiger partial charge in [-0.3, -0.25) is 4.55 Å². The van der Waals surface area contributed by atoms with Gasteiger partial charge in [-0.1, -0.05) is 5.16 Å². The van der Waals surface area contributed by atoms with E-state index in [1.807, 2.05) is 0 Å². The monoisotopic (exact) mass is 315 g/mol. The molecule has 2 aliphatic heterocycles. The molecular formula is C11H13N3O6S. The lowest BCUT2D eigenvalue weighted by molar-refractivity contribution is -0.0527. The Hall–Kier alpha value is -1.65. The zero-order chi connectivity index (χ0) is 14.8. The molecule has 21 heavy (non-hydrogen) atoms. The lowest BCUT2D eigenvalue weighted by atomic mass is 9.84. The summed E-state index contributed by atoms with van der Waals surface area (Å²) in [6.07, 6.45) is 3.90. The van der Waals surface area contributed by atoms with Crippen LogP contribution in [0.15, 0.2) is 16.9 Å². The molecule has 2 atom stereocenters. The van der Waals surface area contributed by atoms with Crippen LogP contribution in [0.2, 0.25) is 0 Å². The zero-order valence-corrected chi connectivity index (χ0v) is 11.7. The number of aromatic nitrogens is 1. The molecule has 3 fully saturated rings. The van der Waals surface area contributed by atoms with Gasteiger partial charge in [-0.25, -0.2) is 4.79 Å². The fourth-order valence-electron chi connectivity index (χ4n) is 3.47. The maximum atomic E-state index is 12.4. The van der Waals surface area contributed by atoms with Crippen LogP contribution in [0.5, 0.6) is 0 Å². The lowest BCUT2D eigenvalue weighted by Gasteiger charge is -2.35. The van der Waals surface area contributed by atoms with Crippen molar-refractivity contribution >= 4 is 16.4 Å². The first-order chi connectivity index (χ1) is 9.90. The Balaban J connectivity index is 1.70. The molecule has 1 aromatic rings. The highest BCUT2D eigenvalue weighted by atomic mass is 32.3. The molecule has 1 saturated carbocycles. The van der Waals surface area contributed by atoms with Gasteiger partial charge in [0.25, 0.3) is 0 Å². The van der Waals surface area contributed by atoms with Gasteiger partial charge in [0.15, 0.2) is 0 Å². The summed E-state index contributed by atoms with van der Waals surface area (Å²) in [6, 6.07) is 0.496. The zero-order valence-electron chi connectivity index (χ0n) is 10.9. The van der Waals surface area contributed by atoms with Crippen LogP contribution in [0.4, 0.5) is 4.79 Å². The van der Waals surface area contributed by atoms with Gasteiger partial charge in [0, 0.05) is 12.6 Å². The molecule has 2 amide bonds. The number of carbonyl (C=O) groups is 1. The average molecular weight is 315 g/mol. The number of urea groups is 1. The van der Waals surface area contributed by atoms with Gasteiger partial charge in [0.1, 0.15) is 12.0 Å². The number of carbonyl (C=O) groups excluding carboxylic acids is 1. The summed E-state index contributed by atoms with van der Waals surface area (Å²) in [5, 5.41) is 4.68. The van der Waals surface area contributed by atoms with Crippen molar-refractivity contribution in [3.05, 3.63) is 18.0 Å². The molecule has 3 aliphatic rings. The minimum absolute atomic E-state index is 0.170. The second kappa shape index (κ2) is 3.96. The molecule has 1 aliphatic carbocycles. The van der Waals surface area contributed by atoms with Gasteiger partial charge in [-0.05, 0) is 24.7 Å². The second-order valence-electron chi connectivity index (χ2n) is 5.79. The quantitative estimate of drug-likeness (QED) is 0.818. The fraction of sp³-hybridized carbons (Fsp3) is 0.636. The van der Waals surface area contributed by atoms with Crippen molar-refractivity contribution in [2.75, 3.05) is 6.54 Å². The molecule has 4 rings (SSSR count). The van der Waals surface area contributed by atoms with E-state index < -0.39 is 16.4 Å². The van der Waals surface area contributed by atoms with Crippen molar-refractivity contribution < 1.29 is 26.6 Å². The Morgan fingerprint density at radius 2 is 2.24 bits per heavy atom. The number of amides is 2. The third kappa shape index (κ3) is 1.93. The predicted octanol–water partition coefficient (Wildman–Crippen LogP) is 0.740. The normalized spacial score (nSPS) is 30.2. The summed E-state index contributed by atoms with van der Waals surface area (Å²) < 4.78 is 40.1. The maximum Gasteiger partial charge on any atom is 0.418 e. The number of hydrogen-bond acceptors (Lipinski definition) is 6. The van der Waals surface area contributed by atoms with E-state index >= 15 is 0 Å². The van der Waals surface area contributed by atoms with Gasteiger partial charge >= 0.3 is 16.4 Å². The fourth-order valence-corrected chi connectivity index (χ4v) is 3.84. The molecule has 3 heterocycles. The van der Waals surface area contributed by atoms with Gasteiger partial charge < -0.3 is 9.42 Å². The van der Waals surface area contributed by atoms with Gasteiger partial charge in [0.2, 0.25) is 0 Å². The standard InChI is InChI=1S/C11H13N3O6S/c15-10-13-6-9(14(10)20-21(16,17)18)11(2-3-11)5-8(13)7-1-4-19-12-7/h1,4,8-9H,2-3,5-6H2,(H,16,17,18). The molecule has 2 unspecified atom stereocenters. The predicted molar refractivity (Wildman–Crippen MR) is 65.9 cm³/mol. The topological polar surface area (TPSA) is 113 Å². The summed E-state index contributed by atoms with van der Waals surface area (Å²) in [5.41, 5.74) is 0.471. The van der Waals surface area contributed by atoms with Crippen LogP contribution in [0, 0.1) is 5.41 Å². The van der Waals surface area contributed by atoms with E-state index in [4.69, 9.17) is 9.08 Å². The average Bonchev–Trinajstić information content (AvgIpc) is 2.87. The van der Waals surface area contributed by atoms with Crippen molar-refractivity contribution in [2.24, 2.45) is 5.41 Å². The van der Waals surface area contributed by atoms with Crippen molar-refractivity contribution in [1.29, 1.82) is 0 Å². The van der Waals surface area contributed by atoms with Crippen molar-refractivity contribution in [3.8, 4) is 0 Å². The van der Waals surface area contributed by atoms with Gasteiger partial charge in [-0.15, -0.1) is 4.28 Å². The second-order valence-corrected chi connectivity index (χ2v) is 6.79. The molecule has 1 aromatic heterocycles. The highest BCUT2D eigenvalue weighted by molar-refractivity contribution is 7.80. The van der Waals surface area contributed by atoms with Crippen LogP contribution in [0.3, 0.4) is 0 Å². The van der Waals surface area contributed by atoms with E-state index in [1.165, 1.54) is 11.2 Å². The Labute approximate surface area is 120 Å². The molecule has 2 saturated heterocycles. The third-order valence-corrected chi connectivity index (χ3v) is 4.98. The minimum Gasteiger partial charge on any atom is -0.364 e. The van der Waals surface area contributed by atoms with Crippen molar-refractivity contribution in [1.82, 2.24) is 15.1 Å². The largest absolute Gasteiger partial charge is 0.418 e. The number of rotatable bonds is 3. The molecule has 2 bridgehead atoms. The van der Waals surface area contributed by atoms with E-state index in [0.29, 0.717) is 18.7 Å². The van der Waals surface area contributed by atoms with Crippen LogP contribution in [-0.4, -0.2) is 46.7 Å². The van der Waals surface area contributed by atoms with Crippen LogP contribution in [-0.2, 0) is 14.7 Å². The molecule has 10 heteroatoms. The lowest BCUT2D eigenvalue weighted by Crippen LogP contribution is -2.43. The first kappa shape index (κ1) is 13.0. The summed E-state index contributed by atoms with van der Waals surface area (Å²) >= 11 is 0. The van der Waals surface area contributed by atoms with E-state index in [9.17, 15) is 13.2 Å². The number of hydrogen-bond donors (Lipinski definition) is 1. The van der Waals surface area contributed by atoms with Gasteiger partial charge in [-0.2, -0.15) is 13.5 Å². The van der Waals surface area contributed by atoms with Gasteiger partial charge in [0.05, 0.1) is 12.1 Å². The van der Waals surface area contributed by atoms with E-state index in [1.54, 1.807) is 6.07 Å². The maximum absolute atomic E-state index is 12.4. The molecule has 0 aromatic carbocycles. The first-order valence-corrected chi connectivity index (χ1v) is 7.93. The Morgan fingerprint density at radius 3 is 2.81 bits per heavy atom. The molecule has 114 valence electrons. The summed E-state index contributed by atoms with van der Waals surface area (Å²) in [4.78, 5) is 13.9. The van der Waals surface area contributed by atoms with Crippen molar-refractivity contribution in [2.45, 2.75) is 31.3 Å². The minimum atomic E-state index is -4.73. The Bertz CT molecular complexity index is 683. The van der Waals surface area contributed by atoms with Crippen LogP contribution in [0.25, 0.3) is 0 Å². The summed E-state index contributed by atoms with van der Waals surface area (Å²) in [6.45, 7) is 0.353. The highest BCUT2D eigenvalue weighted by Crippen LogP contribution is 2.61. The third-order valence-electron chi connectivity index (χ3n) is 4.64. The highest BCUT2D eigenvalue weighted by Gasteiger charge is 2.64. The van der Waals surface area contributed by atoms with Crippen LogP contribution >= 0.6 is 0 Å². The van der Waals surface area contributed by atoms with E-state index in [2.05, 4.69) is 9.44 Å². The Morgan fingerprint density at radius 1 is 1.48 bits per heavy atom. The summed E-state index contributed by atoms with van der Waals surface area (Å²) in [5.74, 6) is 0. The smallest absolute Gasteiger partial charge is 0.364 e. The first-order valence-electron chi connectivity index (χ1n) is 6.57. The molecular weight excluding hydrogens is 302 g/mol. The summed E-state index contributed by atoms with van der Waals surface area (Å²) in [7, 11) is -4.73. The number of piperidine rings is 1. The Kier molecular flexibility index (Phi) is 2.46. The number of fused-ring (bicyclic) bond motifs is 3.